The topological polar surface area (TPSA) is 91.9 Å². The van der Waals surface area contributed by atoms with Gasteiger partial charge in [0, 0.05) is 10.9 Å². The van der Waals surface area contributed by atoms with Gasteiger partial charge in [-0.05, 0) is 24.3 Å². The zero-order valence-corrected chi connectivity index (χ0v) is 12.0. The Morgan fingerprint density at radius 1 is 1.13 bits per heavy atom. The van der Waals surface area contributed by atoms with Gasteiger partial charge in [-0.1, -0.05) is 30.3 Å². The third-order valence-corrected chi connectivity index (χ3v) is 3.33. The largest absolute Gasteiger partial charge is 0.370 e. The number of nitrogens with one attached hydrogen (secondary N) is 2. The number of amides is 1. The first-order valence-corrected chi connectivity index (χ1v) is 6.86. The van der Waals surface area contributed by atoms with Crippen LogP contribution in [0.5, 0.6) is 0 Å². The van der Waals surface area contributed by atoms with E-state index >= 15 is 0 Å². The fraction of sp³-hybridized carbons (Fsp3) is 0. The Labute approximate surface area is 131 Å². The number of halogens is 1. The van der Waals surface area contributed by atoms with E-state index in [2.05, 4.69) is 10.3 Å². The predicted octanol–water partition coefficient (Wildman–Crippen LogP) is 2.66. The van der Waals surface area contributed by atoms with Crippen molar-refractivity contribution in [3.8, 4) is 11.3 Å². The number of rotatable bonds is 2. The quantitative estimate of drug-likeness (QED) is 0.502. The smallest absolute Gasteiger partial charge is 0.258 e. The number of aromatic nitrogens is 1. The molecule has 0 fully saturated rings. The average molecular weight is 308 g/mol. The summed E-state index contributed by atoms with van der Waals surface area (Å²) >= 11 is 0. The summed E-state index contributed by atoms with van der Waals surface area (Å²) in [5, 5.41) is 10.1. The van der Waals surface area contributed by atoms with Crippen LogP contribution < -0.4 is 11.1 Å². The van der Waals surface area contributed by atoms with Gasteiger partial charge in [0.05, 0.1) is 16.8 Å². The normalized spacial score (nSPS) is 10.5. The zero-order chi connectivity index (χ0) is 16.4. The maximum absolute atomic E-state index is 13.4. The molecule has 0 unspecified atom stereocenters. The number of guanidine groups is 1. The van der Waals surface area contributed by atoms with Crippen molar-refractivity contribution in [2.45, 2.75) is 0 Å². The van der Waals surface area contributed by atoms with Crippen LogP contribution in [0.2, 0.25) is 0 Å². The highest BCUT2D eigenvalue weighted by atomic mass is 19.1. The number of hydrogen-bond donors (Lipinski definition) is 3. The molecule has 0 saturated heterocycles. The minimum Gasteiger partial charge on any atom is -0.370 e. The van der Waals surface area contributed by atoms with Crippen LogP contribution in [0.1, 0.15) is 10.4 Å². The second-order valence-corrected chi connectivity index (χ2v) is 4.95. The van der Waals surface area contributed by atoms with Crippen molar-refractivity contribution in [1.82, 2.24) is 10.3 Å². The Morgan fingerprint density at radius 3 is 2.65 bits per heavy atom. The Kier molecular flexibility index (Phi) is 3.72. The molecule has 1 aromatic heterocycles. The number of pyridine rings is 1. The third-order valence-electron chi connectivity index (χ3n) is 3.33. The van der Waals surface area contributed by atoms with Gasteiger partial charge < -0.3 is 5.73 Å². The summed E-state index contributed by atoms with van der Waals surface area (Å²) < 4.78 is 13.4. The van der Waals surface area contributed by atoms with Crippen LogP contribution in [-0.2, 0) is 0 Å². The molecule has 6 heteroatoms. The Morgan fingerprint density at radius 2 is 1.91 bits per heavy atom. The first kappa shape index (κ1) is 14.6. The summed E-state index contributed by atoms with van der Waals surface area (Å²) in [5.41, 5.74) is 7.19. The summed E-state index contributed by atoms with van der Waals surface area (Å²) in [5.74, 6) is -1.33. The number of nitrogens with zero attached hydrogens (tertiary/aromatic N) is 1. The van der Waals surface area contributed by atoms with Crippen molar-refractivity contribution in [1.29, 1.82) is 5.41 Å². The van der Waals surface area contributed by atoms with Crippen LogP contribution in [0, 0.1) is 11.2 Å². The molecule has 1 amide bonds. The standard InChI is InChI=1S/C17H13FN4O/c18-11-5-3-4-10(8-11)15-9-13(16(23)22-17(19)20)12-6-1-2-7-14(12)21-15/h1-9H,(H4,19,20,22,23). The summed E-state index contributed by atoms with van der Waals surface area (Å²) in [6.45, 7) is 0. The highest BCUT2D eigenvalue weighted by Gasteiger charge is 2.14. The van der Waals surface area contributed by atoms with E-state index in [-0.39, 0.29) is 5.82 Å². The molecule has 0 aliphatic rings. The molecule has 0 aliphatic carbocycles. The van der Waals surface area contributed by atoms with Crippen LogP contribution >= 0.6 is 0 Å². The van der Waals surface area contributed by atoms with Crippen LogP contribution in [0.3, 0.4) is 0 Å². The van der Waals surface area contributed by atoms with E-state index in [1.807, 2.05) is 0 Å². The molecule has 0 radical (unpaired) electrons. The number of nitrogens with two attached hydrogens (primary N) is 1. The highest BCUT2D eigenvalue weighted by Crippen LogP contribution is 2.25. The molecule has 5 nitrogen and oxygen atoms in total. The molecule has 23 heavy (non-hydrogen) atoms. The molecule has 0 bridgehead atoms. The number of benzene rings is 2. The van der Waals surface area contributed by atoms with Gasteiger partial charge in [0.1, 0.15) is 5.82 Å². The van der Waals surface area contributed by atoms with E-state index in [0.717, 1.165) is 0 Å². The molecule has 0 spiro atoms. The maximum Gasteiger partial charge on any atom is 0.258 e. The first-order valence-electron chi connectivity index (χ1n) is 6.86. The van der Waals surface area contributed by atoms with Gasteiger partial charge in [0.15, 0.2) is 5.96 Å². The summed E-state index contributed by atoms with van der Waals surface area (Å²) in [4.78, 5) is 16.8. The van der Waals surface area contributed by atoms with E-state index < -0.39 is 11.9 Å². The molecule has 0 atom stereocenters. The molecule has 3 aromatic rings. The monoisotopic (exact) mass is 308 g/mol. The Balaban J connectivity index is 2.21. The first-order chi connectivity index (χ1) is 11.0. The van der Waals surface area contributed by atoms with Gasteiger partial charge >= 0.3 is 0 Å². The number of carbonyl (C=O) groups is 1. The van der Waals surface area contributed by atoms with Crippen LogP contribution in [0.15, 0.2) is 54.6 Å². The lowest BCUT2D eigenvalue weighted by Gasteiger charge is -2.10. The van der Waals surface area contributed by atoms with Crippen LogP contribution in [0.4, 0.5) is 4.39 Å². The van der Waals surface area contributed by atoms with Crippen molar-refractivity contribution in [2.75, 3.05) is 0 Å². The molecule has 4 N–H and O–H groups in total. The molecule has 1 heterocycles. The Bertz CT molecular complexity index is 923. The molecular formula is C17H13FN4O. The van der Waals surface area contributed by atoms with Crippen molar-refractivity contribution >= 4 is 22.8 Å². The minimum absolute atomic E-state index is 0.324. The van der Waals surface area contributed by atoms with Gasteiger partial charge in [-0.15, -0.1) is 0 Å². The van der Waals surface area contributed by atoms with Crippen LogP contribution in [0.25, 0.3) is 22.2 Å². The van der Waals surface area contributed by atoms with E-state index in [4.69, 9.17) is 11.1 Å². The predicted molar refractivity (Wildman–Crippen MR) is 86.5 cm³/mol. The second-order valence-electron chi connectivity index (χ2n) is 4.95. The van der Waals surface area contributed by atoms with Crippen molar-refractivity contribution in [2.24, 2.45) is 5.73 Å². The molecule has 0 saturated carbocycles. The summed E-state index contributed by atoms with van der Waals surface area (Å²) in [6.07, 6.45) is 0. The lowest BCUT2D eigenvalue weighted by molar-refractivity contribution is 0.0978. The molecule has 0 aliphatic heterocycles. The fourth-order valence-electron chi connectivity index (χ4n) is 2.35. The molecule has 3 rings (SSSR count). The van der Waals surface area contributed by atoms with Crippen LogP contribution in [-0.4, -0.2) is 16.9 Å². The van der Waals surface area contributed by atoms with Crippen molar-refractivity contribution in [3.63, 3.8) is 0 Å². The molecule has 114 valence electrons. The Hall–Kier alpha value is -3.28. The number of carbonyl (C=O) groups excluding carboxylic acids is 1. The second kappa shape index (κ2) is 5.84. The summed E-state index contributed by atoms with van der Waals surface area (Å²) in [6, 6.07) is 14.7. The van der Waals surface area contributed by atoms with Gasteiger partial charge in [0.25, 0.3) is 5.91 Å². The van der Waals surface area contributed by atoms with Gasteiger partial charge in [-0.3, -0.25) is 15.5 Å². The zero-order valence-electron chi connectivity index (χ0n) is 12.0. The van der Waals surface area contributed by atoms with Gasteiger partial charge in [0.2, 0.25) is 0 Å². The fourth-order valence-corrected chi connectivity index (χ4v) is 2.35. The SMILES string of the molecule is N=C(N)NC(=O)c1cc(-c2cccc(F)c2)nc2ccccc12. The summed E-state index contributed by atoms with van der Waals surface area (Å²) in [7, 11) is 0. The number of para-hydroxylation sites is 1. The highest BCUT2D eigenvalue weighted by molar-refractivity contribution is 6.12. The molecule has 2 aromatic carbocycles. The van der Waals surface area contributed by atoms with Crippen molar-refractivity contribution < 1.29 is 9.18 Å². The van der Waals surface area contributed by atoms with E-state index in [0.29, 0.717) is 27.7 Å². The molecular weight excluding hydrogens is 295 g/mol. The lowest BCUT2D eigenvalue weighted by Crippen LogP contribution is -2.35. The van der Waals surface area contributed by atoms with Crippen molar-refractivity contribution in [3.05, 3.63) is 66.0 Å². The average Bonchev–Trinajstić information content (AvgIpc) is 2.53. The maximum atomic E-state index is 13.4. The third kappa shape index (κ3) is 3.01. The van der Waals surface area contributed by atoms with Gasteiger partial charge in [-0.2, -0.15) is 0 Å². The number of hydrogen-bond acceptors (Lipinski definition) is 3. The van der Waals surface area contributed by atoms with E-state index in [1.165, 1.54) is 12.1 Å². The minimum atomic E-state index is -0.506. The van der Waals surface area contributed by atoms with E-state index in [1.54, 1.807) is 42.5 Å². The van der Waals surface area contributed by atoms with Gasteiger partial charge in [-0.25, -0.2) is 9.37 Å². The van der Waals surface area contributed by atoms with E-state index in [9.17, 15) is 9.18 Å². The number of fused-ring (bicyclic) bond motifs is 1. The lowest BCUT2D eigenvalue weighted by atomic mass is 10.0.